The van der Waals surface area contributed by atoms with E-state index in [1.807, 2.05) is 11.9 Å². The van der Waals surface area contributed by atoms with Crippen molar-refractivity contribution in [3.63, 3.8) is 0 Å². The Morgan fingerprint density at radius 2 is 2.13 bits per heavy atom. The van der Waals surface area contributed by atoms with Gasteiger partial charge in [-0.1, -0.05) is 13.8 Å². The van der Waals surface area contributed by atoms with Gasteiger partial charge in [0.15, 0.2) is 0 Å². The minimum atomic E-state index is 0.105. The van der Waals surface area contributed by atoms with Crippen LogP contribution in [0.15, 0.2) is 0 Å². The third-order valence-corrected chi connectivity index (χ3v) is 2.89. The lowest BCUT2D eigenvalue weighted by molar-refractivity contribution is -0.138. The summed E-state index contributed by atoms with van der Waals surface area (Å²) in [4.78, 5) is 26.4. The summed E-state index contributed by atoms with van der Waals surface area (Å²) in [7, 11) is 1.82. The number of rotatable bonds is 3. The van der Waals surface area contributed by atoms with E-state index in [1.54, 1.807) is 11.8 Å². The third-order valence-electron chi connectivity index (χ3n) is 2.89. The van der Waals surface area contributed by atoms with Crippen molar-refractivity contribution in [2.75, 3.05) is 26.7 Å². The number of likely N-dealkylation sites (N-methyl/N-ethyl adjacent to an activating group) is 1. The second-order valence-electron chi connectivity index (χ2n) is 4.69. The SMILES string of the molecule is CC(=O)CN1CC(=O)N(C)CC1C(C)C. The van der Waals surface area contributed by atoms with Crippen molar-refractivity contribution in [2.24, 2.45) is 5.92 Å². The maximum Gasteiger partial charge on any atom is 0.236 e. The van der Waals surface area contributed by atoms with Gasteiger partial charge in [0.05, 0.1) is 13.1 Å². The summed E-state index contributed by atoms with van der Waals surface area (Å²) in [6.07, 6.45) is 0. The molecule has 1 amide bonds. The molecule has 0 aliphatic carbocycles. The predicted molar refractivity (Wildman–Crippen MR) is 58.5 cm³/mol. The molecular formula is C11H20N2O2. The molecule has 0 saturated carbocycles. The molecule has 0 N–H and O–H groups in total. The fourth-order valence-corrected chi connectivity index (χ4v) is 2.00. The molecule has 1 rings (SSSR count). The quantitative estimate of drug-likeness (QED) is 0.679. The van der Waals surface area contributed by atoms with Crippen LogP contribution in [0.2, 0.25) is 0 Å². The van der Waals surface area contributed by atoms with Gasteiger partial charge < -0.3 is 4.90 Å². The van der Waals surface area contributed by atoms with Crippen molar-refractivity contribution in [1.82, 2.24) is 9.80 Å². The number of carbonyl (C=O) groups excluding carboxylic acids is 2. The van der Waals surface area contributed by atoms with Gasteiger partial charge in [0.25, 0.3) is 0 Å². The molecule has 0 radical (unpaired) electrons. The van der Waals surface area contributed by atoms with Crippen LogP contribution in [0, 0.1) is 5.92 Å². The zero-order chi connectivity index (χ0) is 11.6. The molecule has 4 heteroatoms. The van der Waals surface area contributed by atoms with E-state index in [9.17, 15) is 9.59 Å². The predicted octanol–water partition coefficient (Wildman–Crippen LogP) is 0.374. The monoisotopic (exact) mass is 212 g/mol. The van der Waals surface area contributed by atoms with Crippen molar-refractivity contribution in [1.29, 1.82) is 0 Å². The highest BCUT2D eigenvalue weighted by molar-refractivity contribution is 5.81. The molecule has 0 aromatic rings. The summed E-state index contributed by atoms with van der Waals surface area (Å²) in [5.74, 6) is 0.686. The molecule has 1 unspecified atom stereocenters. The topological polar surface area (TPSA) is 40.6 Å². The number of Topliss-reactive ketones (excluding diaryl/α,β-unsaturated/α-hetero) is 1. The summed E-state index contributed by atoms with van der Waals surface area (Å²) in [5.41, 5.74) is 0. The van der Waals surface area contributed by atoms with Gasteiger partial charge in [-0.05, 0) is 12.8 Å². The highest BCUT2D eigenvalue weighted by atomic mass is 16.2. The normalized spacial score (nSPS) is 23.7. The van der Waals surface area contributed by atoms with E-state index in [2.05, 4.69) is 13.8 Å². The van der Waals surface area contributed by atoms with Crippen LogP contribution >= 0.6 is 0 Å². The van der Waals surface area contributed by atoms with Crippen molar-refractivity contribution in [3.8, 4) is 0 Å². The van der Waals surface area contributed by atoms with E-state index in [4.69, 9.17) is 0 Å². The lowest BCUT2D eigenvalue weighted by atomic mass is 9.99. The first-order valence-electron chi connectivity index (χ1n) is 5.39. The van der Waals surface area contributed by atoms with Crippen LogP contribution in [0.3, 0.4) is 0 Å². The number of nitrogens with zero attached hydrogens (tertiary/aromatic N) is 2. The lowest BCUT2D eigenvalue weighted by Crippen LogP contribution is -2.57. The molecule has 1 saturated heterocycles. The molecule has 1 heterocycles. The largest absolute Gasteiger partial charge is 0.343 e. The standard InChI is InChI=1S/C11H20N2O2/c1-8(2)10-6-12(4)11(15)7-13(10)5-9(3)14/h8,10H,5-7H2,1-4H3. The molecule has 0 bridgehead atoms. The van der Waals surface area contributed by atoms with Crippen LogP contribution in [0.25, 0.3) is 0 Å². The molecule has 0 aromatic carbocycles. The van der Waals surface area contributed by atoms with Crippen LogP contribution in [0.4, 0.5) is 0 Å². The van der Waals surface area contributed by atoms with Crippen molar-refractivity contribution < 1.29 is 9.59 Å². The van der Waals surface area contributed by atoms with Crippen molar-refractivity contribution in [2.45, 2.75) is 26.8 Å². The number of ketones is 1. The summed E-state index contributed by atoms with van der Waals surface area (Å²) in [5, 5.41) is 0. The zero-order valence-electron chi connectivity index (χ0n) is 9.99. The van der Waals surface area contributed by atoms with Gasteiger partial charge in [0.2, 0.25) is 5.91 Å². The Kier molecular flexibility index (Phi) is 3.85. The first kappa shape index (κ1) is 12.2. The smallest absolute Gasteiger partial charge is 0.236 e. The van der Waals surface area contributed by atoms with E-state index in [0.717, 1.165) is 6.54 Å². The van der Waals surface area contributed by atoms with Crippen molar-refractivity contribution >= 4 is 11.7 Å². The Labute approximate surface area is 91.2 Å². The number of amides is 1. The fraction of sp³-hybridized carbons (Fsp3) is 0.818. The maximum atomic E-state index is 11.5. The number of piperazine rings is 1. The second-order valence-corrected chi connectivity index (χ2v) is 4.69. The van der Waals surface area contributed by atoms with E-state index < -0.39 is 0 Å². The highest BCUT2D eigenvalue weighted by Crippen LogP contribution is 2.16. The minimum Gasteiger partial charge on any atom is -0.343 e. The molecule has 15 heavy (non-hydrogen) atoms. The Bertz CT molecular complexity index is 263. The Balaban J connectivity index is 2.72. The van der Waals surface area contributed by atoms with Gasteiger partial charge in [0.1, 0.15) is 5.78 Å². The Morgan fingerprint density at radius 1 is 1.53 bits per heavy atom. The van der Waals surface area contributed by atoms with Crippen LogP contribution in [-0.4, -0.2) is 54.2 Å². The minimum absolute atomic E-state index is 0.105. The molecule has 0 aromatic heterocycles. The zero-order valence-corrected chi connectivity index (χ0v) is 9.99. The number of carbonyl (C=O) groups is 2. The van der Waals surface area contributed by atoms with Gasteiger partial charge in [-0.3, -0.25) is 14.5 Å². The first-order valence-corrected chi connectivity index (χ1v) is 5.39. The van der Waals surface area contributed by atoms with Crippen LogP contribution < -0.4 is 0 Å². The molecule has 1 aliphatic heterocycles. The molecule has 1 atom stereocenters. The molecule has 1 fully saturated rings. The number of hydrogen-bond acceptors (Lipinski definition) is 3. The van der Waals surface area contributed by atoms with Gasteiger partial charge in [-0.2, -0.15) is 0 Å². The van der Waals surface area contributed by atoms with Crippen molar-refractivity contribution in [3.05, 3.63) is 0 Å². The van der Waals surface area contributed by atoms with Gasteiger partial charge in [0, 0.05) is 19.6 Å². The molecule has 86 valence electrons. The summed E-state index contributed by atoms with van der Waals surface area (Å²) in [6.45, 7) is 7.31. The van der Waals surface area contributed by atoms with E-state index in [-0.39, 0.29) is 11.7 Å². The molecule has 4 nitrogen and oxygen atoms in total. The maximum absolute atomic E-state index is 11.5. The van der Waals surface area contributed by atoms with E-state index in [0.29, 0.717) is 25.0 Å². The van der Waals surface area contributed by atoms with E-state index >= 15 is 0 Å². The summed E-state index contributed by atoms with van der Waals surface area (Å²) in [6, 6.07) is 0.302. The average molecular weight is 212 g/mol. The molecule has 0 spiro atoms. The van der Waals surface area contributed by atoms with Crippen LogP contribution in [0.5, 0.6) is 0 Å². The molecule has 1 aliphatic rings. The Hall–Kier alpha value is -0.900. The lowest BCUT2D eigenvalue weighted by Gasteiger charge is -2.41. The summed E-state index contributed by atoms with van der Waals surface area (Å²) < 4.78 is 0. The third kappa shape index (κ3) is 3.02. The average Bonchev–Trinajstić information content (AvgIpc) is 2.09. The fourth-order valence-electron chi connectivity index (χ4n) is 2.00. The van der Waals surface area contributed by atoms with Crippen LogP contribution in [-0.2, 0) is 9.59 Å². The van der Waals surface area contributed by atoms with Gasteiger partial charge in [-0.15, -0.1) is 0 Å². The highest BCUT2D eigenvalue weighted by Gasteiger charge is 2.32. The van der Waals surface area contributed by atoms with E-state index in [1.165, 1.54) is 0 Å². The van der Waals surface area contributed by atoms with Gasteiger partial charge >= 0.3 is 0 Å². The first-order chi connectivity index (χ1) is 6.91. The number of hydrogen-bond donors (Lipinski definition) is 0. The Morgan fingerprint density at radius 3 is 2.60 bits per heavy atom. The second kappa shape index (κ2) is 4.75. The van der Waals surface area contributed by atoms with Crippen LogP contribution in [0.1, 0.15) is 20.8 Å². The van der Waals surface area contributed by atoms with Gasteiger partial charge in [-0.25, -0.2) is 0 Å². The molecular weight excluding hydrogens is 192 g/mol. The summed E-state index contributed by atoms with van der Waals surface area (Å²) >= 11 is 0.